The van der Waals surface area contributed by atoms with Crippen molar-refractivity contribution in [1.82, 2.24) is 4.90 Å². The third-order valence-electron chi connectivity index (χ3n) is 3.16. The fraction of sp³-hybridized carbons (Fsp3) is 0.571. The van der Waals surface area contributed by atoms with E-state index in [-0.39, 0.29) is 0 Å². The molecule has 1 nitrogen and oxygen atoms in total. The number of rotatable bonds is 6. The zero-order chi connectivity index (χ0) is 11.9. The molecule has 1 saturated heterocycles. The van der Waals surface area contributed by atoms with Crippen molar-refractivity contribution in [1.29, 1.82) is 0 Å². The Bertz CT molecular complexity index is 319. The number of nitrogens with zero attached hydrogens (tertiary/aromatic N) is 1. The molecule has 0 bridgehead atoms. The molecule has 3 heteroatoms. The minimum Gasteiger partial charge on any atom is -0.303 e. The van der Waals surface area contributed by atoms with Crippen LogP contribution in [0.4, 0.5) is 0 Å². The van der Waals surface area contributed by atoms with Gasteiger partial charge in [-0.2, -0.15) is 0 Å². The predicted molar refractivity (Wildman–Crippen MR) is 77.0 cm³/mol. The molecule has 1 fully saturated rings. The van der Waals surface area contributed by atoms with Crippen molar-refractivity contribution in [3.8, 4) is 0 Å². The van der Waals surface area contributed by atoms with Crippen LogP contribution in [-0.2, 0) is 5.88 Å². The lowest BCUT2D eigenvalue weighted by Crippen LogP contribution is -2.20. The lowest BCUT2D eigenvalue weighted by atomic mass is 10.2. The topological polar surface area (TPSA) is 3.24 Å². The first-order valence-corrected chi connectivity index (χ1v) is 7.90. The maximum Gasteiger partial charge on any atom is 0.0474 e. The van der Waals surface area contributed by atoms with E-state index in [1.165, 1.54) is 55.1 Å². The normalized spacial score (nSPS) is 16.5. The Morgan fingerprint density at radius 3 is 2.47 bits per heavy atom. The molecule has 0 unspecified atom stereocenters. The first kappa shape index (κ1) is 13.3. The van der Waals surface area contributed by atoms with Gasteiger partial charge in [0, 0.05) is 10.8 Å². The Hall–Kier alpha value is -0.180. The maximum atomic E-state index is 5.77. The van der Waals surface area contributed by atoms with E-state index in [0.29, 0.717) is 5.88 Å². The summed E-state index contributed by atoms with van der Waals surface area (Å²) in [5.74, 6) is 1.83. The highest BCUT2D eigenvalue weighted by atomic mass is 35.5. The summed E-state index contributed by atoms with van der Waals surface area (Å²) < 4.78 is 0. The number of alkyl halides is 1. The van der Waals surface area contributed by atoms with Gasteiger partial charge in [-0.15, -0.1) is 23.4 Å². The minimum absolute atomic E-state index is 0.611. The highest BCUT2D eigenvalue weighted by Gasteiger charge is 2.10. The summed E-state index contributed by atoms with van der Waals surface area (Å²) in [5.41, 5.74) is 1.20. The number of hydrogen-bond donors (Lipinski definition) is 0. The summed E-state index contributed by atoms with van der Waals surface area (Å²) >= 11 is 7.72. The van der Waals surface area contributed by atoms with Gasteiger partial charge in [0.25, 0.3) is 0 Å². The summed E-state index contributed by atoms with van der Waals surface area (Å²) in [7, 11) is 0. The van der Waals surface area contributed by atoms with Crippen LogP contribution < -0.4 is 0 Å². The third-order valence-corrected chi connectivity index (χ3v) is 4.57. The average molecular weight is 270 g/mol. The fourth-order valence-corrected chi connectivity index (χ4v) is 3.18. The largest absolute Gasteiger partial charge is 0.303 e. The van der Waals surface area contributed by atoms with E-state index in [1.807, 2.05) is 11.8 Å². The van der Waals surface area contributed by atoms with Crippen LogP contribution in [0.5, 0.6) is 0 Å². The van der Waals surface area contributed by atoms with Crippen LogP contribution in [0.1, 0.15) is 24.8 Å². The molecule has 0 radical (unpaired) electrons. The number of halogens is 1. The second-order valence-electron chi connectivity index (χ2n) is 4.53. The van der Waals surface area contributed by atoms with E-state index in [1.54, 1.807) is 0 Å². The minimum atomic E-state index is 0.611. The second-order valence-corrected chi connectivity index (χ2v) is 5.96. The van der Waals surface area contributed by atoms with Crippen molar-refractivity contribution in [2.45, 2.75) is 30.0 Å². The van der Waals surface area contributed by atoms with Crippen LogP contribution in [0.25, 0.3) is 0 Å². The second kappa shape index (κ2) is 7.30. The molecule has 2 rings (SSSR count). The van der Waals surface area contributed by atoms with Gasteiger partial charge >= 0.3 is 0 Å². The smallest absolute Gasteiger partial charge is 0.0474 e. The maximum absolute atomic E-state index is 5.77. The molecular weight excluding hydrogens is 250 g/mol. The molecule has 1 aromatic rings. The fourth-order valence-electron chi connectivity index (χ4n) is 2.16. The molecule has 0 aliphatic carbocycles. The SMILES string of the molecule is ClCc1ccc(SCCCN2CCCC2)cc1. The average Bonchev–Trinajstić information content (AvgIpc) is 2.88. The van der Waals surface area contributed by atoms with E-state index >= 15 is 0 Å². The lowest BCUT2D eigenvalue weighted by Gasteiger charge is -2.13. The first-order valence-electron chi connectivity index (χ1n) is 6.38. The molecule has 1 aliphatic heterocycles. The van der Waals surface area contributed by atoms with E-state index in [9.17, 15) is 0 Å². The van der Waals surface area contributed by atoms with E-state index < -0.39 is 0 Å². The zero-order valence-electron chi connectivity index (χ0n) is 10.2. The molecule has 0 spiro atoms. The van der Waals surface area contributed by atoms with E-state index in [2.05, 4.69) is 29.2 Å². The lowest BCUT2D eigenvalue weighted by molar-refractivity contribution is 0.341. The first-order chi connectivity index (χ1) is 8.38. The van der Waals surface area contributed by atoms with Gasteiger partial charge in [-0.1, -0.05) is 12.1 Å². The van der Waals surface area contributed by atoms with Gasteiger partial charge in [0.15, 0.2) is 0 Å². The molecule has 0 aromatic heterocycles. The summed E-state index contributed by atoms with van der Waals surface area (Å²) in [6, 6.07) is 8.60. The van der Waals surface area contributed by atoms with Crippen LogP contribution in [-0.4, -0.2) is 30.3 Å². The third kappa shape index (κ3) is 4.53. The van der Waals surface area contributed by atoms with Crippen LogP contribution in [0.3, 0.4) is 0 Å². The Kier molecular flexibility index (Phi) is 5.69. The number of likely N-dealkylation sites (tertiary alicyclic amines) is 1. The number of benzene rings is 1. The van der Waals surface area contributed by atoms with Gasteiger partial charge < -0.3 is 4.90 Å². The van der Waals surface area contributed by atoms with Crippen LogP contribution >= 0.6 is 23.4 Å². The van der Waals surface area contributed by atoms with Crippen LogP contribution in [0.2, 0.25) is 0 Å². The van der Waals surface area contributed by atoms with Crippen molar-refractivity contribution in [3.05, 3.63) is 29.8 Å². The molecule has 1 aliphatic rings. The van der Waals surface area contributed by atoms with E-state index in [4.69, 9.17) is 11.6 Å². The summed E-state index contributed by atoms with van der Waals surface area (Å²) in [5, 5.41) is 0. The molecule has 0 atom stereocenters. The molecule has 0 N–H and O–H groups in total. The van der Waals surface area contributed by atoms with Gasteiger partial charge in [0.1, 0.15) is 0 Å². The molecule has 1 aromatic carbocycles. The summed E-state index contributed by atoms with van der Waals surface area (Å²) in [6.07, 6.45) is 4.09. The standard InChI is InChI=1S/C14H20ClNS/c15-12-13-4-6-14(7-5-13)17-11-3-10-16-8-1-2-9-16/h4-7H,1-3,8-12H2. The van der Waals surface area contributed by atoms with Crippen molar-refractivity contribution >= 4 is 23.4 Å². The highest BCUT2D eigenvalue weighted by molar-refractivity contribution is 7.99. The molecule has 0 saturated carbocycles. The Morgan fingerprint density at radius 2 is 1.82 bits per heavy atom. The summed E-state index contributed by atoms with van der Waals surface area (Å²) in [6.45, 7) is 3.90. The van der Waals surface area contributed by atoms with Crippen LogP contribution in [0.15, 0.2) is 29.2 Å². The van der Waals surface area contributed by atoms with Gasteiger partial charge in [0.2, 0.25) is 0 Å². The van der Waals surface area contributed by atoms with Crippen molar-refractivity contribution in [3.63, 3.8) is 0 Å². The van der Waals surface area contributed by atoms with Gasteiger partial charge in [-0.3, -0.25) is 0 Å². The Morgan fingerprint density at radius 1 is 1.12 bits per heavy atom. The Balaban J connectivity index is 1.63. The van der Waals surface area contributed by atoms with Gasteiger partial charge in [-0.05, 0) is 62.3 Å². The molecule has 94 valence electrons. The quantitative estimate of drug-likeness (QED) is 0.436. The molecule has 17 heavy (non-hydrogen) atoms. The molecule has 1 heterocycles. The summed E-state index contributed by atoms with van der Waals surface area (Å²) in [4.78, 5) is 3.94. The van der Waals surface area contributed by atoms with E-state index in [0.717, 1.165) is 0 Å². The van der Waals surface area contributed by atoms with Gasteiger partial charge in [-0.25, -0.2) is 0 Å². The Labute approximate surface area is 114 Å². The van der Waals surface area contributed by atoms with Gasteiger partial charge in [0.05, 0.1) is 0 Å². The van der Waals surface area contributed by atoms with Crippen molar-refractivity contribution < 1.29 is 0 Å². The zero-order valence-corrected chi connectivity index (χ0v) is 11.8. The van der Waals surface area contributed by atoms with Crippen molar-refractivity contribution in [2.24, 2.45) is 0 Å². The molecule has 0 amide bonds. The number of thioether (sulfide) groups is 1. The van der Waals surface area contributed by atoms with Crippen molar-refractivity contribution in [2.75, 3.05) is 25.4 Å². The highest BCUT2D eigenvalue weighted by Crippen LogP contribution is 2.20. The predicted octanol–water partition coefficient (Wildman–Crippen LogP) is 4.00. The van der Waals surface area contributed by atoms with Crippen LogP contribution in [0, 0.1) is 0 Å². The number of hydrogen-bond acceptors (Lipinski definition) is 2. The molecular formula is C14H20ClNS. The monoisotopic (exact) mass is 269 g/mol.